The van der Waals surface area contributed by atoms with E-state index in [2.05, 4.69) is 63.3 Å². The van der Waals surface area contributed by atoms with Crippen molar-refractivity contribution < 1.29 is 9.53 Å². The van der Waals surface area contributed by atoms with Crippen molar-refractivity contribution in [3.63, 3.8) is 0 Å². The monoisotopic (exact) mass is 468 g/mol. The summed E-state index contributed by atoms with van der Waals surface area (Å²) in [7, 11) is 0. The van der Waals surface area contributed by atoms with E-state index in [0.717, 1.165) is 56.3 Å². The maximum absolute atomic E-state index is 13.3. The maximum atomic E-state index is 13.3. The summed E-state index contributed by atoms with van der Waals surface area (Å²) in [5.74, 6) is 2.72. The van der Waals surface area contributed by atoms with Crippen molar-refractivity contribution in [1.29, 1.82) is 0 Å². The second-order valence-corrected chi connectivity index (χ2v) is 9.86. The Balaban J connectivity index is 1.08. The standard InChI is InChI=1S/C29H32N4O2/c34-29(26-19-25(26)23-6-2-1-3-7-23)33-16-17-35-27-10-9-22(18-24(27)21-33)20-31-12-14-32(15-13-31)28-8-4-5-11-30-28/h1-11,18,25-26H,12-17,19-21H2/t25-,26+/m0/s1. The molecule has 35 heavy (non-hydrogen) atoms. The summed E-state index contributed by atoms with van der Waals surface area (Å²) in [6.45, 7) is 6.74. The van der Waals surface area contributed by atoms with Gasteiger partial charge in [-0.15, -0.1) is 0 Å². The number of rotatable bonds is 5. The van der Waals surface area contributed by atoms with Gasteiger partial charge in [0.2, 0.25) is 5.91 Å². The Bertz CT molecular complexity index is 1160. The van der Waals surface area contributed by atoms with Gasteiger partial charge in [-0.05, 0) is 47.7 Å². The SMILES string of the molecule is O=C([C@@H]1C[C@H]1c1ccccc1)N1CCOc2ccc(CN3CCN(c4ccccn4)CC3)cc2C1. The van der Waals surface area contributed by atoms with Gasteiger partial charge in [0, 0.05) is 56.9 Å². The van der Waals surface area contributed by atoms with Gasteiger partial charge in [0.15, 0.2) is 0 Å². The molecule has 6 nitrogen and oxygen atoms in total. The van der Waals surface area contributed by atoms with Gasteiger partial charge in [-0.25, -0.2) is 4.98 Å². The molecular formula is C29H32N4O2. The molecule has 1 aromatic heterocycles. The first-order valence-electron chi connectivity index (χ1n) is 12.7. The molecule has 2 aromatic carbocycles. The molecule has 180 valence electrons. The van der Waals surface area contributed by atoms with Crippen LogP contribution in [0.4, 0.5) is 5.82 Å². The molecule has 0 N–H and O–H groups in total. The zero-order valence-corrected chi connectivity index (χ0v) is 20.1. The molecule has 6 heteroatoms. The summed E-state index contributed by atoms with van der Waals surface area (Å²) in [6.07, 6.45) is 2.82. The lowest BCUT2D eigenvalue weighted by Crippen LogP contribution is -2.46. The summed E-state index contributed by atoms with van der Waals surface area (Å²) in [4.78, 5) is 24.7. The van der Waals surface area contributed by atoms with E-state index in [0.29, 0.717) is 25.6 Å². The van der Waals surface area contributed by atoms with Crippen LogP contribution in [0.5, 0.6) is 5.75 Å². The number of hydrogen-bond acceptors (Lipinski definition) is 5. The summed E-state index contributed by atoms with van der Waals surface area (Å²) in [5.41, 5.74) is 3.68. The van der Waals surface area contributed by atoms with Crippen LogP contribution < -0.4 is 9.64 Å². The molecular weight excluding hydrogens is 436 g/mol. The largest absolute Gasteiger partial charge is 0.491 e. The van der Waals surface area contributed by atoms with Crippen molar-refractivity contribution in [1.82, 2.24) is 14.8 Å². The number of pyridine rings is 1. The number of aromatic nitrogens is 1. The summed E-state index contributed by atoms with van der Waals surface area (Å²) >= 11 is 0. The Labute approximate surface area is 207 Å². The average Bonchev–Trinajstić information content (AvgIpc) is 3.73. The predicted molar refractivity (Wildman–Crippen MR) is 136 cm³/mol. The van der Waals surface area contributed by atoms with Gasteiger partial charge in [-0.1, -0.05) is 42.5 Å². The Morgan fingerprint density at radius 1 is 0.943 bits per heavy atom. The fourth-order valence-corrected chi connectivity index (χ4v) is 5.44. The predicted octanol–water partition coefficient (Wildman–Crippen LogP) is 3.93. The first-order valence-corrected chi connectivity index (χ1v) is 12.7. The van der Waals surface area contributed by atoms with E-state index in [9.17, 15) is 4.79 Å². The van der Waals surface area contributed by atoms with E-state index in [1.54, 1.807) is 0 Å². The first-order chi connectivity index (χ1) is 17.2. The lowest BCUT2D eigenvalue weighted by molar-refractivity contribution is -0.133. The topological polar surface area (TPSA) is 48.9 Å². The van der Waals surface area contributed by atoms with Crippen molar-refractivity contribution in [2.75, 3.05) is 44.2 Å². The fraction of sp³-hybridized carbons (Fsp3) is 0.379. The van der Waals surface area contributed by atoms with Crippen LogP contribution in [0.1, 0.15) is 29.0 Å². The molecule has 3 aliphatic rings. The van der Waals surface area contributed by atoms with Crippen LogP contribution in [-0.2, 0) is 17.9 Å². The van der Waals surface area contributed by atoms with Gasteiger partial charge in [-0.2, -0.15) is 0 Å². The molecule has 0 spiro atoms. The Morgan fingerprint density at radius 3 is 2.57 bits per heavy atom. The molecule has 1 amide bonds. The number of carbonyl (C=O) groups is 1. The third kappa shape index (κ3) is 4.89. The number of hydrogen-bond donors (Lipinski definition) is 0. The number of amides is 1. The Hall–Kier alpha value is -3.38. The third-order valence-electron chi connectivity index (χ3n) is 7.50. The molecule has 2 fully saturated rings. The minimum Gasteiger partial charge on any atom is -0.491 e. The van der Waals surface area contributed by atoms with Crippen molar-refractivity contribution in [3.8, 4) is 5.75 Å². The van der Waals surface area contributed by atoms with Crippen LogP contribution in [0.2, 0.25) is 0 Å². The Morgan fingerprint density at radius 2 is 1.77 bits per heavy atom. The zero-order chi connectivity index (χ0) is 23.6. The minimum absolute atomic E-state index is 0.109. The number of ether oxygens (including phenoxy) is 1. The average molecular weight is 469 g/mol. The molecule has 2 atom stereocenters. The van der Waals surface area contributed by atoms with Crippen LogP contribution >= 0.6 is 0 Å². The van der Waals surface area contributed by atoms with Crippen LogP contribution in [0.15, 0.2) is 72.9 Å². The van der Waals surface area contributed by atoms with Crippen molar-refractivity contribution in [2.45, 2.75) is 25.4 Å². The molecule has 1 saturated heterocycles. The van der Waals surface area contributed by atoms with Crippen LogP contribution in [0.3, 0.4) is 0 Å². The van der Waals surface area contributed by atoms with Crippen molar-refractivity contribution >= 4 is 11.7 Å². The van der Waals surface area contributed by atoms with E-state index < -0.39 is 0 Å². The van der Waals surface area contributed by atoms with Gasteiger partial charge < -0.3 is 14.5 Å². The highest BCUT2D eigenvalue weighted by atomic mass is 16.5. The van der Waals surface area contributed by atoms with Gasteiger partial charge >= 0.3 is 0 Å². The van der Waals surface area contributed by atoms with Gasteiger partial charge in [0.25, 0.3) is 0 Å². The first kappa shape index (κ1) is 22.1. The number of fused-ring (bicyclic) bond motifs is 1. The highest BCUT2D eigenvalue weighted by Gasteiger charge is 2.45. The molecule has 1 saturated carbocycles. The Kier molecular flexibility index (Phi) is 6.13. The number of piperazine rings is 1. The molecule has 1 aliphatic carbocycles. The van der Waals surface area contributed by atoms with E-state index in [4.69, 9.17) is 4.74 Å². The van der Waals surface area contributed by atoms with E-state index in [1.165, 1.54) is 11.1 Å². The smallest absolute Gasteiger partial charge is 0.226 e. The number of benzene rings is 2. The second-order valence-electron chi connectivity index (χ2n) is 9.86. The lowest BCUT2D eigenvalue weighted by atomic mass is 10.1. The number of nitrogens with zero attached hydrogens (tertiary/aromatic N) is 4. The lowest BCUT2D eigenvalue weighted by Gasteiger charge is -2.35. The normalized spacial score (nSPS) is 22.2. The van der Waals surface area contributed by atoms with Crippen LogP contribution in [-0.4, -0.2) is 60.0 Å². The van der Waals surface area contributed by atoms with Gasteiger partial charge in [-0.3, -0.25) is 9.69 Å². The molecule has 0 bridgehead atoms. The van der Waals surface area contributed by atoms with Gasteiger partial charge in [0.05, 0.1) is 6.54 Å². The van der Waals surface area contributed by atoms with Crippen LogP contribution in [0, 0.1) is 5.92 Å². The molecule has 2 aliphatic heterocycles. The summed E-state index contributed by atoms with van der Waals surface area (Å²) in [6, 6.07) is 23.0. The van der Waals surface area contributed by atoms with Crippen LogP contribution in [0.25, 0.3) is 0 Å². The molecule has 3 aromatic rings. The third-order valence-corrected chi connectivity index (χ3v) is 7.50. The number of anilines is 1. The maximum Gasteiger partial charge on any atom is 0.226 e. The molecule has 3 heterocycles. The summed E-state index contributed by atoms with van der Waals surface area (Å²) in [5, 5.41) is 0. The quantitative estimate of drug-likeness (QED) is 0.568. The highest BCUT2D eigenvalue weighted by molar-refractivity contribution is 5.83. The molecule has 0 radical (unpaired) electrons. The highest BCUT2D eigenvalue weighted by Crippen LogP contribution is 2.48. The zero-order valence-electron chi connectivity index (χ0n) is 20.1. The van der Waals surface area contributed by atoms with E-state index in [1.807, 2.05) is 29.3 Å². The fourth-order valence-electron chi connectivity index (χ4n) is 5.44. The summed E-state index contributed by atoms with van der Waals surface area (Å²) < 4.78 is 6.03. The molecule has 6 rings (SSSR count). The van der Waals surface area contributed by atoms with Gasteiger partial charge in [0.1, 0.15) is 18.2 Å². The molecule has 0 unspecified atom stereocenters. The minimum atomic E-state index is 0.109. The van der Waals surface area contributed by atoms with Crippen molar-refractivity contribution in [2.24, 2.45) is 5.92 Å². The van der Waals surface area contributed by atoms with E-state index in [-0.39, 0.29) is 11.8 Å². The number of carbonyl (C=O) groups excluding carboxylic acids is 1. The van der Waals surface area contributed by atoms with Crippen molar-refractivity contribution in [3.05, 3.63) is 89.6 Å². The second kappa shape index (κ2) is 9.70. The van der Waals surface area contributed by atoms with E-state index >= 15 is 0 Å².